The summed E-state index contributed by atoms with van der Waals surface area (Å²) in [5, 5.41) is 11.2. The number of carboxylic acid groups (broad SMARTS) is 1. The fraction of sp³-hybridized carbons (Fsp3) is 0.182. The molecule has 0 bridgehead atoms. The van der Waals surface area contributed by atoms with Crippen molar-refractivity contribution in [3.05, 3.63) is 18.1 Å². The molecule has 7 nitrogen and oxygen atoms in total. The Balaban J connectivity index is 2.37. The van der Waals surface area contributed by atoms with Crippen LogP contribution in [0, 0.1) is 11.8 Å². The Morgan fingerprint density at radius 1 is 1.61 bits per heavy atom. The van der Waals surface area contributed by atoms with Gasteiger partial charge in [-0.1, -0.05) is 11.8 Å². The number of nitrogens with one attached hydrogen (secondary N) is 1. The molecule has 0 fully saturated rings. The number of aryl methyl sites for hydroxylation is 1. The average Bonchev–Trinajstić information content (AvgIpc) is 2.63. The molecule has 4 N–H and O–H groups in total. The first-order chi connectivity index (χ1) is 8.59. The highest BCUT2D eigenvalue weighted by Gasteiger charge is 2.09. The van der Waals surface area contributed by atoms with Crippen LogP contribution in [0.5, 0.6) is 0 Å². The molecular weight excluding hydrogens is 234 g/mol. The molecule has 0 saturated carbocycles. The Labute approximate surface area is 103 Å². The van der Waals surface area contributed by atoms with Crippen LogP contribution in [-0.4, -0.2) is 32.3 Å². The van der Waals surface area contributed by atoms with Crippen LogP contribution in [0.1, 0.15) is 5.56 Å². The van der Waals surface area contributed by atoms with Crippen molar-refractivity contribution in [2.24, 2.45) is 7.05 Å². The van der Waals surface area contributed by atoms with Gasteiger partial charge in [0.25, 0.3) is 0 Å². The lowest BCUT2D eigenvalue weighted by Crippen LogP contribution is -2.20. The van der Waals surface area contributed by atoms with Gasteiger partial charge < -0.3 is 20.7 Å². The number of carbonyl (C=O) groups is 1. The molecule has 0 unspecified atom stereocenters. The van der Waals surface area contributed by atoms with Crippen LogP contribution in [0.2, 0.25) is 0 Å². The quantitative estimate of drug-likeness (QED) is 0.621. The molecule has 0 spiro atoms. The fourth-order valence-corrected chi connectivity index (χ4v) is 1.59. The number of rotatable bonds is 1. The predicted molar refractivity (Wildman–Crippen MR) is 65.8 cm³/mol. The second-order valence-corrected chi connectivity index (χ2v) is 3.57. The highest BCUT2D eigenvalue weighted by Crippen LogP contribution is 2.21. The average molecular weight is 245 g/mol. The van der Waals surface area contributed by atoms with Crippen molar-refractivity contribution in [3.8, 4) is 11.8 Å². The molecule has 0 saturated heterocycles. The molecule has 2 heterocycles. The zero-order valence-electron chi connectivity index (χ0n) is 9.64. The van der Waals surface area contributed by atoms with E-state index >= 15 is 0 Å². The van der Waals surface area contributed by atoms with Crippen molar-refractivity contribution >= 4 is 22.9 Å². The molecule has 2 aromatic heterocycles. The number of nitrogens with zero attached hydrogens (tertiary/aromatic N) is 3. The largest absolute Gasteiger partial charge is 0.465 e. The number of anilines is 1. The Morgan fingerprint density at radius 3 is 3.11 bits per heavy atom. The lowest BCUT2D eigenvalue weighted by molar-refractivity contribution is 0.196. The molecule has 1 amide bonds. The summed E-state index contributed by atoms with van der Waals surface area (Å²) >= 11 is 0. The fourth-order valence-electron chi connectivity index (χ4n) is 1.59. The summed E-state index contributed by atoms with van der Waals surface area (Å²) in [5.41, 5.74) is 7.15. The van der Waals surface area contributed by atoms with Crippen molar-refractivity contribution in [1.82, 2.24) is 19.9 Å². The number of amides is 1. The van der Waals surface area contributed by atoms with Crippen LogP contribution in [0.4, 0.5) is 10.6 Å². The van der Waals surface area contributed by atoms with Gasteiger partial charge in [-0.05, 0) is 0 Å². The van der Waals surface area contributed by atoms with E-state index in [0.717, 1.165) is 0 Å². The molecule has 92 valence electrons. The van der Waals surface area contributed by atoms with E-state index in [1.807, 2.05) is 7.05 Å². The predicted octanol–water partition coefficient (Wildman–Crippen LogP) is 0.170. The van der Waals surface area contributed by atoms with Gasteiger partial charge in [0.15, 0.2) is 0 Å². The van der Waals surface area contributed by atoms with E-state index in [1.165, 1.54) is 6.33 Å². The summed E-state index contributed by atoms with van der Waals surface area (Å²) in [6, 6.07) is 0. The summed E-state index contributed by atoms with van der Waals surface area (Å²) < 4.78 is 1.79. The summed E-state index contributed by atoms with van der Waals surface area (Å²) in [6.45, 7) is 0.0549. The minimum atomic E-state index is -1.11. The molecule has 2 aromatic rings. The molecule has 2 rings (SSSR count). The maximum atomic E-state index is 10.3. The number of aromatic nitrogens is 3. The molecule has 7 heteroatoms. The Morgan fingerprint density at radius 2 is 2.39 bits per heavy atom. The van der Waals surface area contributed by atoms with Gasteiger partial charge in [0.05, 0.1) is 17.5 Å². The molecule has 0 aromatic carbocycles. The van der Waals surface area contributed by atoms with Gasteiger partial charge in [0, 0.05) is 13.2 Å². The highest BCUT2D eigenvalue weighted by molar-refractivity contribution is 5.92. The van der Waals surface area contributed by atoms with Gasteiger partial charge >= 0.3 is 6.09 Å². The highest BCUT2D eigenvalue weighted by atomic mass is 16.4. The third-order valence-corrected chi connectivity index (χ3v) is 2.33. The normalized spacial score (nSPS) is 9.83. The molecule has 0 atom stereocenters. The molecule has 0 aliphatic heterocycles. The van der Waals surface area contributed by atoms with Crippen LogP contribution < -0.4 is 11.1 Å². The topological polar surface area (TPSA) is 106 Å². The lowest BCUT2D eigenvalue weighted by atomic mass is 10.2. The molecule has 0 radical (unpaired) electrons. The number of fused-ring (bicyclic) bond motifs is 1. The van der Waals surface area contributed by atoms with Gasteiger partial charge in [-0.3, -0.25) is 0 Å². The molecular formula is C11H11N5O2. The minimum absolute atomic E-state index is 0.0549. The first-order valence-electron chi connectivity index (χ1n) is 5.10. The van der Waals surface area contributed by atoms with Gasteiger partial charge in [0.2, 0.25) is 0 Å². The van der Waals surface area contributed by atoms with E-state index < -0.39 is 6.09 Å². The summed E-state index contributed by atoms with van der Waals surface area (Å²) in [6.07, 6.45) is 2.06. The van der Waals surface area contributed by atoms with E-state index in [2.05, 4.69) is 27.1 Å². The zero-order chi connectivity index (χ0) is 13.1. The SMILES string of the molecule is Cn1cc(C#CCNC(=O)O)c2c(N)ncnc21. The van der Waals surface area contributed by atoms with Crippen LogP contribution in [0.25, 0.3) is 11.0 Å². The van der Waals surface area contributed by atoms with Crippen molar-refractivity contribution < 1.29 is 9.90 Å². The van der Waals surface area contributed by atoms with E-state index in [0.29, 0.717) is 22.4 Å². The van der Waals surface area contributed by atoms with Gasteiger partial charge in [0.1, 0.15) is 17.8 Å². The first kappa shape index (κ1) is 11.7. The molecule has 0 aliphatic rings. The maximum absolute atomic E-state index is 10.3. The zero-order valence-corrected chi connectivity index (χ0v) is 9.64. The molecule has 0 aliphatic carbocycles. The van der Waals surface area contributed by atoms with Gasteiger partial charge in [-0.2, -0.15) is 0 Å². The van der Waals surface area contributed by atoms with Crippen molar-refractivity contribution in [1.29, 1.82) is 0 Å². The van der Waals surface area contributed by atoms with Crippen molar-refractivity contribution in [2.45, 2.75) is 0 Å². The maximum Gasteiger partial charge on any atom is 0.405 e. The minimum Gasteiger partial charge on any atom is -0.465 e. The Bertz CT molecular complexity index is 665. The van der Waals surface area contributed by atoms with Crippen LogP contribution >= 0.6 is 0 Å². The van der Waals surface area contributed by atoms with Gasteiger partial charge in [-0.25, -0.2) is 14.8 Å². The standard InChI is InChI=1S/C11H11N5O2/c1-16-5-7(3-2-4-13-11(17)18)8-9(12)14-6-15-10(8)16/h5-6,13H,4H2,1H3,(H,17,18)(H2,12,14,15). The smallest absolute Gasteiger partial charge is 0.405 e. The van der Waals surface area contributed by atoms with Crippen LogP contribution in [0.15, 0.2) is 12.5 Å². The summed E-state index contributed by atoms with van der Waals surface area (Å²) in [7, 11) is 1.83. The number of nitrogens with two attached hydrogens (primary N) is 1. The Kier molecular flexibility index (Phi) is 3.02. The van der Waals surface area contributed by atoms with Crippen molar-refractivity contribution in [3.63, 3.8) is 0 Å². The monoisotopic (exact) mass is 245 g/mol. The van der Waals surface area contributed by atoms with E-state index in [9.17, 15) is 4.79 Å². The summed E-state index contributed by atoms with van der Waals surface area (Å²) in [4.78, 5) is 18.3. The second-order valence-electron chi connectivity index (χ2n) is 3.57. The third kappa shape index (κ3) is 2.17. The summed E-state index contributed by atoms with van der Waals surface area (Å²) in [5.74, 6) is 5.90. The van der Waals surface area contributed by atoms with E-state index in [-0.39, 0.29) is 6.54 Å². The lowest BCUT2D eigenvalue weighted by Gasteiger charge is -1.95. The number of hydrogen-bond acceptors (Lipinski definition) is 4. The van der Waals surface area contributed by atoms with E-state index in [4.69, 9.17) is 10.8 Å². The van der Waals surface area contributed by atoms with Gasteiger partial charge in [-0.15, -0.1) is 0 Å². The van der Waals surface area contributed by atoms with Crippen molar-refractivity contribution in [2.75, 3.05) is 12.3 Å². The third-order valence-electron chi connectivity index (χ3n) is 2.33. The van der Waals surface area contributed by atoms with Crippen LogP contribution in [0.3, 0.4) is 0 Å². The van der Waals surface area contributed by atoms with Crippen LogP contribution in [-0.2, 0) is 7.05 Å². The molecule has 18 heavy (non-hydrogen) atoms. The Hall–Kier alpha value is -2.75. The first-order valence-corrected chi connectivity index (χ1v) is 5.10. The number of nitrogen functional groups attached to an aromatic ring is 1. The van der Waals surface area contributed by atoms with E-state index in [1.54, 1.807) is 10.8 Å². The second kappa shape index (κ2) is 4.63. The number of hydrogen-bond donors (Lipinski definition) is 3.